The number of nitrogens with one attached hydrogen (secondary N) is 1. The Bertz CT molecular complexity index is 1080. The molecular formula is C23H23FN2O2. The van der Waals surface area contributed by atoms with Crippen LogP contribution in [0.1, 0.15) is 47.2 Å². The molecule has 0 saturated heterocycles. The van der Waals surface area contributed by atoms with E-state index in [9.17, 15) is 14.0 Å². The molecule has 5 heteroatoms. The third-order valence-corrected chi connectivity index (χ3v) is 5.52. The van der Waals surface area contributed by atoms with Crippen LogP contribution < -0.4 is 5.56 Å². The maximum atomic E-state index is 13.6. The van der Waals surface area contributed by atoms with Gasteiger partial charge in [-0.3, -0.25) is 9.59 Å². The van der Waals surface area contributed by atoms with Gasteiger partial charge in [0.2, 0.25) is 0 Å². The van der Waals surface area contributed by atoms with Gasteiger partial charge in [0.15, 0.2) is 0 Å². The van der Waals surface area contributed by atoms with E-state index in [0.29, 0.717) is 11.1 Å². The number of rotatable bonds is 4. The number of carbonyl (C=O) groups excluding carboxylic acids is 1. The number of hydrogen-bond acceptors (Lipinski definition) is 2. The second kappa shape index (κ2) is 7.58. The zero-order valence-corrected chi connectivity index (χ0v) is 15.9. The molecule has 144 valence electrons. The number of fused-ring (bicyclic) bond motifs is 1. The van der Waals surface area contributed by atoms with Crippen LogP contribution in [-0.4, -0.2) is 21.8 Å². The average Bonchev–Trinajstić information content (AvgIpc) is 3.20. The monoisotopic (exact) mass is 378 g/mol. The van der Waals surface area contributed by atoms with Crippen molar-refractivity contribution in [3.8, 4) is 0 Å². The molecule has 0 aliphatic heterocycles. The SMILES string of the molecule is Cc1ccc2cc(CN(C(=O)c3cccc(F)c3)C3CCCC3)c(=O)[nH]c2c1. The van der Waals surface area contributed by atoms with Crippen molar-refractivity contribution in [2.45, 2.75) is 45.2 Å². The number of benzene rings is 2. The van der Waals surface area contributed by atoms with E-state index >= 15 is 0 Å². The maximum absolute atomic E-state index is 13.6. The van der Waals surface area contributed by atoms with Gasteiger partial charge in [0, 0.05) is 22.7 Å². The van der Waals surface area contributed by atoms with Crippen LogP contribution in [0.25, 0.3) is 10.9 Å². The maximum Gasteiger partial charge on any atom is 0.254 e. The first-order valence-electron chi connectivity index (χ1n) is 9.70. The van der Waals surface area contributed by atoms with Gasteiger partial charge in [-0.2, -0.15) is 0 Å². The molecule has 0 spiro atoms. The number of halogens is 1. The lowest BCUT2D eigenvalue weighted by Crippen LogP contribution is -2.39. The smallest absolute Gasteiger partial charge is 0.254 e. The lowest BCUT2D eigenvalue weighted by atomic mass is 10.1. The minimum atomic E-state index is -0.434. The van der Waals surface area contributed by atoms with Gasteiger partial charge in [-0.1, -0.05) is 31.0 Å². The van der Waals surface area contributed by atoms with E-state index in [-0.39, 0.29) is 24.1 Å². The van der Waals surface area contributed by atoms with Gasteiger partial charge in [-0.05, 0) is 61.0 Å². The molecule has 0 unspecified atom stereocenters. The van der Waals surface area contributed by atoms with Gasteiger partial charge in [0.1, 0.15) is 5.82 Å². The average molecular weight is 378 g/mol. The van der Waals surface area contributed by atoms with Gasteiger partial charge in [0.25, 0.3) is 11.5 Å². The summed E-state index contributed by atoms with van der Waals surface area (Å²) in [5.74, 6) is -0.661. The minimum absolute atomic E-state index is 0.0730. The zero-order chi connectivity index (χ0) is 19.7. The van der Waals surface area contributed by atoms with Crippen LogP contribution in [-0.2, 0) is 6.54 Å². The highest BCUT2D eigenvalue weighted by molar-refractivity contribution is 5.94. The van der Waals surface area contributed by atoms with Crippen molar-refractivity contribution in [2.24, 2.45) is 0 Å². The van der Waals surface area contributed by atoms with Crippen molar-refractivity contribution >= 4 is 16.8 Å². The lowest BCUT2D eigenvalue weighted by molar-refractivity contribution is 0.0663. The molecule has 1 N–H and O–H groups in total. The Hall–Kier alpha value is -2.95. The number of aromatic amines is 1. The summed E-state index contributed by atoms with van der Waals surface area (Å²) in [5.41, 5.74) is 2.54. The summed E-state index contributed by atoms with van der Waals surface area (Å²) in [5, 5.41) is 0.935. The van der Waals surface area contributed by atoms with Crippen LogP contribution in [0.3, 0.4) is 0 Å². The summed E-state index contributed by atoms with van der Waals surface area (Å²) in [6, 6.07) is 13.6. The molecule has 4 nitrogen and oxygen atoms in total. The van der Waals surface area contributed by atoms with Crippen LogP contribution in [0.2, 0.25) is 0 Å². The Kier molecular flexibility index (Phi) is 4.99. The van der Waals surface area contributed by atoms with E-state index in [1.165, 1.54) is 12.1 Å². The highest BCUT2D eigenvalue weighted by Gasteiger charge is 2.28. The quantitative estimate of drug-likeness (QED) is 0.724. The molecule has 0 atom stereocenters. The summed E-state index contributed by atoms with van der Waals surface area (Å²) in [7, 11) is 0. The van der Waals surface area contributed by atoms with E-state index in [0.717, 1.165) is 42.1 Å². The summed E-state index contributed by atoms with van der Waals surface area (Å²) in [4.78, 5) is 30.5. The van der Waals surface area contributed by atoms with Crippen molar-refractivity contribution in [3.05, 3.63) is 81.4 Å². The number of aromatic nitrogens is 1. The second-order valence-electron chi connectivity index (χ2n) is 7.60. The van der Waals surface area contributed by atoms with E-state index in [1.807, 2.05) is 31.2 Å². The molecule has 1 aliphatic rings. The van der Waals surface area contributed by atoms with Gasteiger partial charge in [-0.15, -0.1) is 0 Å². The van der Waals surface area contributed by atoms with Crippen LogP contribution >= 0.6 is 0 Å². The fourth-order valence-corrected chi connectivity index (χ4v) is 4.03. The van der Waals surface area contributed by atoms with Crippen molar-refractivity contribution in [2.75, 3.05) is 0 Å². The third kappa shape index (κ3) is 3.70. The number of carbonyl (C=O) groups is 1. The fraction of sp³-hybridized carbons (Fsp3) is 0.304. The topological polar surface area (TPSA) is 53.2 Å². The van der Waals surface area contributed by atoms with Crippen molar-refractivity contribution in [1.29, 1.82) is 0 Å². The standard InChI is InChI=1S/C23H23FN2O2/c1-15-9-10-16-12-18(22(27)25-21(16)11-15)14-26(20-7-2-3-8-20)23(28)17-5-4-6-19(24)13-17/h4-6,9-13,20H,2-3,7-8,14H2,1H3,(H,25,27). The largest absolute Gasteiger partial charge is 0.331 e. The van der Waals surface area contributed by atoms with Crippen LogP contribution in [0.5, 0.6) is 0 Å². The molecular weight excluding hydrogens is 355 g/mol. The van der Waals surface area contributed by atoms with E-state index in [1.54, 1.807) is 17.0 Å². The number of aryl methyl sites for hydroxylation is 1. The molecule has 1 aliphatic carbocycles. The van der Waals surface area contributed by atoms with Crippen LogP contribution in [0, 0.1) is 12.7 Å². The molecule has 0 radical (unpaired) electrons. The number of hydrogen-bond donors (Lipinski definition) is 1. The molecule has 1 heterocycles. The van der Waals surface area contributed by atoms with Crippen molar-refractivity contribution in [3.63, 3.8) is 0 Å². The van der Waals surface area contributed by atoms with E-state index < -0.39 is 5.82 Å². The Morgan fingerprint density at radius 3 is 2.68 bits per heavy atom. The van der Waals surface area contributed by atoms with E-state index in [4.69, 9.17) is 0 Å². The van der Waals surface area contributed by atoms with Crippen molar-refractivity contribution < 1.29 is 9.18 Å². The summed E-state index contributed by atoms with van der Waals surface area (Å²) < 4.78 is 13.6. The molecule has 1 aromatic heterocycles. The zero-order valence-electron chi connectivity index (χ0n) is 15.9. The number of nitrogens with zero attached hydrogens (tertiary/aromatic N) is 1. The Morgan fingerprint density at radius 1 is 1.14 bits per heavy atom. The molecule has 3 aromatic rings. The molecule has 1 amide bonds. The Labute approximate surface area is 163 Å². The van der Waals surface area contributed by atoms with Gasteiger partial charge in [-0.25, -0.2) is 4.39 Å². The lowest BCUT2D eigenvalue weighted by Gasteiger charge is -2.29. The molecule has 0 bridgehead atoms. The number of pyridine rings is 1. The predicted molar refractivity (Wildman–Crippen MR) is 108 cm³/mol. The highest BCUT2D eigenvalue weighted by Crippen LogP contribution is 2.27. The Morgan fingerprint density at radius 2 is 1.93 bits per heavy atom. The summed E-state index contributed by atoms with van der Waals surface area (Å²) in [6.07, 6.45) is 3.94. The molecule has 2 aromatic carbocycles. The van der Waals surface area contributed by atoms with E-state index in [2.05, 4.69) is 4.98 Å². The van der Waals surface area contributed by atoms with Crippen molar-refractivity contribution in [1.82, 2.24) is 9.88 Å². The molecule has 1 fully saturated rings. The molecule has 1 saturated carbocycles. The minimum Gasteiger partial charge on any atom is -0.331 e. The first-order valence-corrected chi connectivity index (χ1v) is 9.70. The Balaban J connectivity index is 1.71. The highest BCUT2D eigenvalue weighted by atomic mass is 19.1. The third-order valence-electron chi connectivity index (χ3n) is 5.52. The fourth-order valence-electron chi connectivity index (χ4n) is 4.03. The summed E-state index contributed by atoms with van der Waals surface area (Å²) >= 11 is 0. The number of H-pyrrole nitrogens is 1. The van der Waals surface area contributed by atoms with Crippen LogP contribution in [0.15, 0.2) is 53.3 Å². The van der Waals surface area contributed by atoms with Gasteiger partial charge >= 0.3 is 0 Å². The normalized spacial score (nSPS) is 14.5. The van der Waals surface area contributed by atoms with Gasteiger partial charge in [0.05, 0.1) is 6.54 Å². The first-order chi connectivity index (χ1) is 13.5. The molecule has 28 heavy (non-hydrogen) atoms. The second-order valence-corrected chi connectivity index (χ2v) is 7.60. The first kappa shape index (κ1) is 18.4. The predicted octanol–water partition coefficient (Wildman–Crippen LogP) is 4.56. The van der Waals surface area contributed by atoms with Crippen LogP contribution in [0.4, 0.5) is 4.39 Å². The molecule has 4 rings (SSSR count). The summed E-state index contributed by atoms with van der Waals surface area (Å²) in [6.45, 7) is 2.20. The number of amides is 1. The van der Waals surface area contributed by atoms with Gasteiger partial charge < -0.3 is 9.88 Å².